The van der Waals surface area contributed by atoms with Gasteiger partial charge in [0.05, 0.1) is 0 Å². The molecule has 66 valence electrons. The van der Waals surface area contributed by atoms with E-state index in [0.717, 1.165) is 6.42 Å². The smallest absolute Gasteiger partial charge is 0.165 e. The Labute approximate surface area is 78.7 Å². The second-order valence-electron chi connectivity index (χ2n) is 3.26. The first-order valence-electron chi connectivity index (χ1n) is 4.80. The van der Waals surface area contributed by atoms with E-state index in [-0.39, 0.29) is 0 Å². The lowest BCUT2D eigenvalue weighted by Crippen LogP contribution is -2.26. The van der Waals surface area contributed by atoms with Crippen molar-refractivity contribution in [1.29, 1.82) is 0 Å². The lowest BCUT2D eigenvalue weighted by atomic mass is 10.2. The van der Waals surface area contributed by atoms with Crippen LogP contribution in [0.3, 0.4) is 0 Å². The van der Waals surface area contributed by atoms with Gasteiger partial charge < -0.3 is 0 Å². The summed E-state index contributed by atoms with van der Waals surface area (Å²) in [5.41, 5.74) is 2.66. The van der Waals surface area contributed by atoms with Crippen LogP contribution in [0, 0.1) is 0 Å². The molecule has 0 spiro atoms. The van der Waals surface area contributed by atoms with Crippen molar-refractivity contribution in [1.82, 2.24) is 0 Å². The summed E-state index contributed by atoms with van der Waals surface area (Å²) in [4.78, 5) is 0. The number of aryl methyl sites for hydroxylation is 1. The molecule has 0 amide bonds. The summed E-state index contributed by atoms with van der Waals surface area (Å²) >= 11 is 0. The molecule has 0 N–H and O–H groups in total. The molecule has 0 unspecified atom stereocenters. The molecule has 0 radical (unpaired) electrons. The molecule has 0 fully saturated rings. The molecule has 13 heavy (non-hydrogen) atoms. The van der Waals surface area contributed by atoms with Gasteiger partial charge in [-0.1, -0.05) is 6.92 Å². The van der Waals surface area contributed by atoms with E-state index in [2.05, 4.69) is 53.9 Å². The van der Waals surface area contributed by atoms with Crippen LogP contribution < -0.4 is 4.40 Å². The molecular formula is C12H14N+. The van der Waals surface area contributed by atoms with E-state index in [1.807, 2.05) is 0 Å². The highest BCUT2D eigenvalue weighted by atomic mass is 14.9. The van der Waals surface area contributed by atoms with Gasteiger partial charge in [0.1, 0.15) is 0 Å². The van der Waals surface area contributed by atoms with Crippen molar-refractivity contribution in [3.63, 3.8) is 0 Å². The molecule has 1 nitrogen and oxygen atoms in total. The molecule has 2 aromatic rings. The fraction of sp³-hybridized carbons (Fsp3) is 0.250. The van der Waals surface area contributed by atoms with Crippen molar-refractivity contribution in [2.24, 2.45) is 0 Å². The summed E-state index contributed by atoms with van der Waals surface area (Å²) in [6.07, 6.45) is 4.47. The van der Waals surface area contributed by atoms with Gasteiger partial charge in [-0.15, -0.1) is 0 Å². The first kappa shape index (κ1) is 8.24. The highest BCUT2D eigenvalue weighted by molar-refractivity contribution is 5.38. The average Bonchev–Trinajstić information content (AvgIpc) is 2.19. The number of pyridine rings is 2. The summed E-state index contributed by atoms with van der Waals surface area (Å²) in [7, 11) is 0. The number of fused-ring (bicyclic) bond motifs is 1. The van der Waals surface area contributed by atoms with Crippen molar-refractivity contribution in [2.45, 2.75) is 19.8 Å². The van der Waals surface area contributed by atoms with Gasteiger partial charge >= 0.3 is 0 Å². The van der Waals surface area contributed by atoms with Crippen molar-refractivity contribution >= 4 is 5.52 Å². The van der Waals surface area contributed by atoms with Gasteiger partial charge in [0.25, 0.3) is 0 Å². The van der Waals surface area contributed by atoms with Crippen LogP contribution in [0.5, 0.6) is 0 Å². The molecule has 0 bridgehead atoms. The maximum atomic E-state index is 2.25. The predicted molar refractivity (Wildman–Crippen MR) is 53.6 cm³/mol. The van der Waals surface area contributed by atoms with E-state index in [9.17, 15) is 0 Å². The monoisotopic (exact) mass is 172 g/mol. The number of hydrogen-bond acceptors (Lipinski definition) is 0. The SMILES string of the molecule is CCCc1cccc2cccc[n+]12. The molecule has 0 saturated carbocycles. The Balaban J connectivity index is 2.61. The van der Waals surface area contributed by atoms with Gasteiger partial charge in [0.2, 0.25) is 5.52 Å². The Hall–Kier alpha value is -1.37. The van der Waals surface area contributed by atoms with E-state index < -0.39 is 0 Å². The van der Waals surface area contributed by atoms with Gasteiger partial charge in [-0.25, -0.2) is 0 Å². The van der Waals surface area contributed by atoms with E-state index in [0.29, 0.717) is 0 Å². The maximum Gasteiger partial charge on any atom is 0.210 e. The fourth-order valence-electron chi connectivity index (χ4n) is 1.65. The highest BCUT2D eigenvalue weighted by Gasteiger charge is 2.05. The number of rotatable bonds is 2. The minimum atomic E-state index is 1.14. The van der Waals surface area contributed by atoms with Gasteiger partial charge in [-0.2, -0.15) is 4.40 Å². The summed E-state index contributed by atoms with van der Waals surface area (Å²) in [6.45, 7) is 2.21. The molecule has 0 aliphatic carbocycles. The van der Waals surface area contributed by atoms with Crippen LogP contribution in [0.2, 0.25) is 0 Å². The van der Waals surface area contributed by atoms with Gasteiger partial charge in [-0.3, -0.25) is 0 Å². The molecule has 2 rings (SSSR count). The zero-order valence-electron chi connectivity index (χ0n) is 7.90. The fourth-order valence-corrected chi connectivity index (χ4v) is 1.65. The summed E-state index contributed by atoms with van der Waals surface area (Å²) < 4.78 is 2.25. The van der Waals surface area contributed by atoms with Crippen LogP contribution in [0.15, 0.2) is 42.6 Å². The number of aromatic nitrogens is 1. The Morgan fingerprint density at radius 2 is 1.92 bits per heavy atom. The summed E-state index contributed by atoms with van der Waals surface area (Å²) in [5.74, 6) is 0. The molecule has 2 heterocycles. The molecule has 1 heteroatoms. The maximum absolute atomic E-state index is 2.25. The van der Waals surface area contributed by atoms with Crippen molar-refractivity contribution in [2.75, 3.05) is 0 Å². The van der Waals surface area contributed by atoms with E-state index >= 15 is 0 Å². The zero-order valence-corrected chi connectivity index (χ0v) is 7.90. The standard InChI is InChI=1S/C12H14N/c1-2-6-11-8-5-9-12-7-3-4-10-13(11)12/h3-5,7-10H,2,6H2,1H3/q+1. The predicted octanol–water partition coefficient (Wildman–Crippen LogP) is 2.38. The van der Waals surface area contributed by atoms with Crippen LogP contribution >= 0.6 is 0 Å². The third-order valence-electron chi connectivity index (χ3n) is 2.26. The van der Waals surface area contributed by atoms with E-state index in [1.54, 1.807) is 0 Å². The number of nitrogens with zero attached hydrogens (tertiary/aromatic N) is 1. The zero-order chi connectivity index (χ0) is 9.10. The highest BCUT2D eigenvalue weighted by Crippen LogP contribution is 2.01. The van der Waals surface area contributed by atoms with Gasteiger partial charge in [-0.05, 0) is 18.6 Å². The Kier molecular flexibility index (Phi) is 2.26. The Morgan fingerprint density at radius 3 is 2.77 bits per heavy atom. The third kappa shape index (κ3) is 1.55. The van der Waals surface area contributed by atoms with E-state index in [4.69, 9.17) is 0 Å². The van der Waals surface area contributed by atoms with Crippen molar-refractivity contribution in [3.05, 3.63) is 48.3 Å². The topological polar surface area (TPSA) is 4.10 Å². The van der Waals surface area contributed by atoms with Crippen LogP contribution in [-0.4, -0.2) is 0 Å². The second-order valence-corrected chi connectivity index (χ2v) is 3.26. The van der Waals surface area contributed by atoms with Crippen LogP contribution in [0.25, 0.3) is 5.52 Å². The largest absolute Gasteiger partial charge is 0.210 e. The summed E-state index contributed by atoms with van der Waals surface area (Å²) in [5, 5.41) is 0. The van der Waals surface area contributed by atoms with Crippen LogP contribution in [-0.2, 0) is 6.42 Å². The first-order valence-corrected chi connectivity index (χ1v) is 4.80. The van der Waals surface area contributed by atoms with Crippen molar-refractivity contribution < 1.29 is 4.40 Å². The first-order chi connectivity index (χ1) is 6.42. The lowest BCUT2D eigenvalue weighted by molar-refractivity contribution is -0.521. The van der Waals surface area contributed by atoms with Crippen LogP contribution in [0.1, 0.15) is 19.0 Å². The molecule has 0 atom stereocenters. The molecule has 0 saturated heterocycles. The summed E-state index contributed by atoms with van der Waals surface area (Å²) in [6, 6.07) is 12.7. The Morgan fingerprint density at radius 1 is 1.08 bits per heavy atom. The van der Waals surface area contributed by atoms with Gasteiger partial charge in [0, 0.05) is 30.7 Å². The molecule has 0 aliphatic rings. The molecule has 0 aromatic carbocycles. The quantitative estimate of drug-likeness (QED) is 0.612. The normalized spacial score (nSPS) is 10.5. The third-order valence-corrected chi connectivity index (χ3v) is 2.26. The van der Waals surface area contributed by atoms with Gasteiger partial charge in [0.15, 0.2) is 11.9 Å². The second kappa shape index (κ2) is 3.56. The Bertz CT molecular complexity index is 401. The minimum absolute atomic E-state index is 1.14. The lowest BCUT2D eigenvalue weighted by Gasteiger charge is -1.96. The average molecular weight is 172 g/mol. The number of hydrogen-bond donors (Lipinski definition) is 0. The molecular weight excluding hydrogens is 158 g/mol. The minimum Gasteiger partial charge on any atom is -0.165 e. The molecule has 2 aromatic heterocycles. The van der Waals surface area contributed by atoms with Crippen LogP contribution in [0.4, 0.5) is 0 Å². The van der Waals surface area contributed by atoms with E-state index in [1.165, 1.54) is 17.6 Å². The van der Waals surface area contributed by atoms with Crippen molar-refractivity contribution in [3.8, 4) is 0 Å². The molecule has 0 aliphatic heterocycles.